The lowest BCUT2D eigenvalue weighted by atomic mass is 10.4. The second kappa shape index (κ2) is 8.49. The maximum absolute atomic E-state index is 11.6. The van der Waals surface area contributed by atoms with E-state index in [2.05, 4.69) is 20.8 Å². The molecule has 0 spiro atoms. The Morgan fingerprint density at radius 3 is 2.95 bits per heavy atom. The first-order valence-corrected chi connectivity index (χ1v) is 8.59. The minimum Gasteiger partial charge on any atom is -0.467 e. The van der Waals surface area contributed by atoms with E-state index < -0.39 is 11.9 Å². The van der Waals surface area contributed by atoms with Gasteiger partial charge in [0.15, 0.2) is 0 Å². The molecule has 0 aromatic carbocycles. The van der Waals surface area contributed by atoms with E-state index in [-0.39, 0.29) is 12.3 Å². The molecular formula is C12H14N4O4S2. The number of thioether (sulfide) groups is 2. The fourth-order valence-electron chi connectivity index (χ4n) is 1.39. The highest BCUT2D eigenvalue weighted by molar-refractivity contribution is 7.99. The van der Waals surface area contributed by atoms with Crippen molar-refractivity contribution in [2.45, 2.75) is 17.5 Å². The van der Waals surface area contributed by atoms with Crippen LogP contribution in [0.3, 0.4) is 0 Å². The van der Waals surface area contributed by atoms with Crippen molar-refractivity contribution in [2.75, 3.05) is 12.0 Å². The first-order chi connectivity index (χ1) is 10.7. The zero-order valence-electron chi connectivity index (χ0n) is 11.7. The van der Waals surface area contributed by atoms with Crippen LogP contribution in [0.1, 0.15) is 11.7 Å². The van der Waals surface area contributed by atoms with Crippen LogP contribution in [-0.4, -0.2) is 34.1 Å². The maximum atomic E-state index is 11.6. The third-order valence-corrected chi connectivity index (χ3v) is 3.65. The zero-order chi connectivity index (χ0) is 15.8. The van der Waals surface area contributed by atoms with Gasteiger partial charge in [-0.1, -0.05) is 11.8 Å². The first-order valence-electron chi connectivity index (χ1n) is 6.21. The van der Waals surface area contributed by atoms with Crippen molar-refractivity contribution >= 4 is 35.5 Å². The van der Waals surface area contributed by atoms with Crippen LogP contribution in [0.2, 0.25) is 0 Å². The number of furan rings is 1. The summed E-state index contributed by atoms with van der Waals surface area (Å²) in [7, 11) is 0. The average molecular weight is 342 g/mol. The summed E-state index contributed by atoms with van der Waals surface area (Å²) in [5, 5.41) is 12.6. The molecule has 0 bridgehead atoms. The molecule has 2 rings (SSSR count). The van der Waals surface area contributed by atoms with E-state index in [9.17, 15) is 9.59 Å². The molecule has 0 radical (unpaired) electrons. The summed E-state index contributed by atoms with van der Waals surface area (Å²) in [6, 6.07) is 2.85. The summed E-state index contributed by atoms with van der Waals surface area (Å²) < 4.78 is 10.4. The van der Waals surface area contributed by atoms with Gasteiger partial charge in [0.1, 0.15) is 5.76 Å². The third kappa shape index (κ3) is 5.45. The Bertz CT molecular complexity index is 614. The number of urea groups is 1. The fraction of sp³-hybridized carbons (Fsp3) is 0.333. The molecule has 0 aliphatic rings. The molecule has 0 aliphatic carbocycles. The number of nitrogens with one attached hydrogen (secondary N) is 2. The SMILES string of the molecule is CSCc1nnc(SCC(=O)NC(=O)NCc2ccco2)o1. The van der Waals surface area contributed by atoms with Gasteiger partial charge in [-0.2, -0.15) is 11.8 Å². The van der Waals surface area contributed by atoms with Gasteiger partial charge in [0, 0.05) is 0 Å². The highest BCUT2D eigenvalue weighted by Gasteiger charge is 2.12. The molecule has 3 amide bonds. The Kier molecular flexibility index (Phi) is 6.34. The van der Waals surface area contributed by atoms with Gasteiger partial charge in [0.25, 0.3) is 5.22 Å². The number of rotatable bonds is 7. The smallest absolute Gasteiger partial charge is 0.321 e. The van der Waals surface area contributed by atoms with E-state index in [1.807, 2.05) is 6.26 Å². The van der Waals surface area contributed by atoms with Crippen LogP contribution in [0.25, 0.3) is 0 Å². The molecule has 22 heavy (non-hydrogen) atoms. The van der Waals surface area contributed by atoms with Crippen LogP contribution in [-0.2, 0) is 17.1 Å². The second-order valence-corrected chi connectivity index (χ2v) is 5.79. The molecule has 8 nitrogen and oxygen atoms in total. The summed E-state index contributed by atoms with van der Waals surface area (Å²) in [5.41, 5.74) is 0. The van der Waals surface area contributed by atoms with Gasteiger partial charge in [-0.3, -0.25) is 10.1 Å². The summed E-state index contributed by atoms with van der Waals surface area (Å²) in [5.74, 6) is 1.28. The van der Waals surface area contributed by atoms with Gasteiger partial charge in [-0.05, 0) is 18.4 Å². The minimum absolute atomic E-state index is 0.00900. The first kappa shape index (κ1) is 16.4. The van der Waals surface area contributed by atoms with Gasteiger partial charge < -0.3 is 14.2 Å². The predicted molar refractivity (Wildman–Crippen MR) is 81.3 cm³/mol. The van der Waals surface area contributed by atoms with E-state index in [0.29, 0.717) is 22.6 Å². The zero-order valence-corrected chi connectivity index (χ0v) is 13.3. The fourth-order valence-corrected chi connectivity index (χ4v) is 2.34. The van der Waals surface area contributed by atoms with E-state index in [1.54, 1.807) is 23.9 Å². The number of aromatic nitrogens is 2. The second-order valence-electron chi connectivity index (χ2n) is 3.99. The van der Waals surface area contributed by atoms with Crippen LogP contribution in [0.15, 0.2) is 32.5 Å². The summed E-state index contributed by atoms with van der Waals surface area (Å²) in [4.78, 5) is 23.1. The van der Waals surface area contributed by atoms with Crippen molar-refractivity contribution in [3.63, 3.8) is 0 Å². The van der Waals surface area contributed by atoms with Gasteiger partial charge in [-0.15, -0.1) is 10.2 Å². The standard InChI is InChI=1S/C12H14N4O4S2/c1-21-7-10-15-16-12(20-10)22-6-9(17)14-11(18)13-5-8-3-2-4-19-8/h2-4H,5-7H2,1H3,(H2,13,14,17,18). The van der Waals surface area contributed by atoms with E-state index >= 15 is 0 Å². The number of carbonyl (C=O) groups excluding carboxylic acids is 2. The summed E-state index contributed by atoms with van der Waals surface area (Å²) in [6.07, 6.45) is 3.43. The quantitative estimate of drug-likeness (QED) is 0.731. The van der Waals surface area contributed by atoms with E-state index in [1.165, 1.54) is 6.26 Å². The van der Waals surface area contributed by atoms with Crippen LogP contribution >= 0.6 is 23.5 Å². The molecule has 0 saturated carbocycles. The number of hydrogen-bond donors (Lipinski definition) is 2. The maximum Gasteiger partial charge on any atom is 0.321 e. The lowest BCUT2D eigenvalue weighted by Crippen LogP contribution is -2.39. The topological polar surface area (TPSA) is 110 Å². The molecule has 0 aliphatic heterocycles. The van der Waals surface area contributed by atoms with Crippen LogP contribution in [0, 0.1) is 0 Å². The minimum atomic E-state index is -0.587. The molecule has 0 unspecified atom stereocenters. The lowest BCUT2D eigenvalue weighted by Gasteiger charge is -2.04. The summed E-state index contributed by atoms with van der Waals surface area (Å²) in [6.45, 7) is 0.209. The largest absolute Gasteiger partial charge is 0.467 e. The Balaban J connectivity index is 1.67. The Morgan fingerprint density at radius 1 is 1.36 bits per heavy atom. The van der Waals surface area contributed by atoms with Crippen molar-refractivity contribution < 1.29 is 18.4 Å². The molecule has 2 heterocycles. The Labute approximate surface area is 134 Å². The Morgan fingerprint density at radius 2 is 2.23 bits per heavy atom. The lowest BCUT2D eigenvalue weighted by molar-refractivity contribution is -0.117. The number of carbonyl (C=O) groups is 2. The summed E-state index contributed by atoms with van der Waals surface area (Å²) >= 11 is 2.63. The molecule has 0 atom stereocenters. The van der Waals surface area contributed by atoms with Crippen LogP contribution < -0.4 is 10.6 Å². The normalized spacial score (nSPS) is 10.4. The van der Waals surface area contributed by atoms with Crippen LogP contribution in [0.5, 0.6) is 0 Å². The molecule has 2 aromatic heterocycles. The van der Waals surface area contributed by atoms with Crippen LogP contribution in [0.4, 0.5) is 4.79 Å². The van der Waals surface area contributed by atoms with Crippen molar-refractivity contribution in [3.05, 3.63) is 30.0 Å². The monoisotopic (exact) mass is 342 g/mol. The highest BCUT2D eigenvalue weighted by Crippen LogP contribution is 2.17. The van der Waals surface area contributed by atoms with Gasteiger partial charge in [0.05, 0.1) is 24.3 Å². The van der Waals surface area contributed by atoms with Crippen molar-refractivity contribution in [2.24, 2.45) is 0 Å². The highest BCUT2D eigenvalue weighted by atomic mass is 32.2. The van der Waals surface area contributed by atoms with Gasteiger partial charge >= 0.3 is 6.03 Å². The number of hydrogen-bond acceptors (Lipinski definition) is 8. The number of amides is 3. The number of imide groups is 1. The van der Waals surface area contributed by atoms with Gasteiger partial charge in [0.2, 0.25) is 11.8 Å². The average Bonchev–Trinajstić information content (AvgIpc) is 3.15. The molecule has 118 valence electrons. The molecule has 10 heteroatoms. The van der Waals surface area contributed by atoms with E-state index in [0.717, 1.165) is 11.8 Å². The third-order valence-electron chi connectivity index (χ3n) is 2.30. The Hall–Kier alpha value is -1.94. The number of nitrogens with zero attached hydrogens (tertiary/aromatic N) is 2. The molecule has 0 fully saturated rings. The van der Waals surface area contributed by atoms with E-state index in [4.69, 9.17) is 8.83 Å². The predicted octanol–water partition coefficient (Wildman–Crippen LogP) is 1.64. The van der Waals surface area contributed by atoms with Crippen molar-refractivity contribution in [1.82, 2.24) is 20.8 Å². The van der Waals surface area contributed by atoms with Crippen molar-refractivity contribution in [1.29, 1.82) is 0 Å². The molecule has 0 saturated heterocycles. The molecular weight excluding hydrogens is 328 g/mol. The molecule has 2 N–H and O–H groups in total. The van der Waals surface area contributed by atoms with Gasteiger partial charge in [-0.25, -0.2) is 4.79 Å². The van der Waals surface area contributed by atoms with Crippen molar-refractivity contribution in [3.8, 4) is 0 Å². The molecule has 2 aromatic rings.